The summed E-state index contributed by atoms with van der Waals surface area (Å²) in [6.45, 7) is 2.44. The van der Waals surface area contributed by atoms with Crippen LogP contribution in [-0.4, -0.2) is 36.6 Å². The number of hydrogen-bond acceptors (Lipinski definition) is 7. The molecule has 0 spiro atoms. The summed E-state index contributed by atoms with van der Waals surface area (Å²) in [5.41, 5.74) is 5.28. The number of rotatable bonds is 9. The number of halogens is 1. The van der Waals surface area contributed by atoms with Crippen LogP contribution in [0.2, 0.25) is 0 Å². The zero-order valence-corrected chi connectivity index (χ0v) is 19.6. The Hall–Kier alpha value is -2.36. The van der Waals surface area contributed by atoms with Crippen LogP contribution >= 0.6 is 39.0 Å². The van der Waals surface area contributed by atoms with E-state index in [0.29, 0.717) is 18.1 Å². The van der Waals surface area contributed by atoms with Crippen molar-refractivity contribution < 1.29 is 14.3 Å². The predicted molar refractivity (Wildman–Crippen MR) is 126 cm³/mol. The molecule has 1 aromatic heterocycles. The summed E-state index contributed by atoms with van der Waals surface area (Å²) in [6, 6.07) is 13.6. The van der Waals surface area contributed by atoms with Gasteiger partial charge in [0, 0.05) is 10.9 Å². The second-order valence-corrected chi connectivity index (χ2v) is 8.85. The van der Waals surface area contributed by atoms with Crippen LogP contribution in [0.5, 0.6) is 11.5 Å². The number of amides is 1. The van der Waals surface area contributed by atoms with Crippen LogP contribution in [0.15, 0.2) is 61.8 Å². The number of carbonyl (C=O) groups excluding carboxylic acids is 1. The van der Waals surface area contributed by atoms with Gasteiger partial charge in [0.05, 0.1) is 35.9 Å². The second-order valence-electron chi connectivity index (χ2n) is 5.91. The summed E-state index contributed by atoms with van der Waals surface area (Å²) in [4.78, 5) is 16.7. The highest BCUT2D eigenvalue weighted by atomic mass is 79.9. The molecule has 1 heterocycles. The van der Waals surface area contributed by atoms with Crippen LogP contribution in [0.3, 0.4) is 0 Å². The minimum atomic E-state index is -0.204. The van der Waals surface area contributed by atoms with Crippen molar-refractivity contribution in [2.45, 2.75) is 11.3 Å². The van der Waals surface area contributed by atoms with E-state index in [2.05, 4.69) is 31.4 Å². The number of nitrogens with zero attached hydrogens (tertiary/aromatic N) is 2. The molecule has 0 fully saturated rings. The van der Waals surface area contributed by atoms with Crippen LogP contribution in [0.25, 0.3) is 11.3 Å². The molecule has 0 atom stereocenters. The number of thiazole rings is 1. The van der Waals surface area contributed by atoms with Crippen molar-refractivity contribution in [1.29, 1.82) is 0 Å². The molecule has 0 saturated carbocycles. The van der Waals surface area contributed by atoms with Gasteiger partial charge in [-0.1, -0.05) is 42.1 Å². The summed E-state index contributed by atoms with van der Waals surface area (Å²) < 4.78 is 12.5. The Morgan fingerprint density at radius 3 is 2.87 bits per heavy atom. The lowest BCUT2D eigenvalue weighted by Gasteiger charge is -2.11. The van der Waals surface area contributed by atoms with Crippen molar-refractivity contribution in [3.63, 3.8) is 0 Å². The largest absolute Gasteiger partial charge is 0.493 e. The van der Waals surface area contributed by atoms with E-state index in [1.807, 2.05) is 48.7 Å². The van der Waals surface area contributed by atoms with Crippen LogP contribution in [-0.2, 0) is 4.79 Å². The van der Waals surface area contributed by atoms with Crippen LogP contribution in [0, 0.1) is 0 Å². The maximum Gasteiger partial charge on any atom is 0.250 e. The Kier molecular flexibility index (Phi) is 8.30. The molecule has 3 aromatic rings. The molecule has 0 aliphatic heterocycles. The van der Waals surface area contributed by atoms with Gasteiger partial charge in [-0.3, -0.25) is 4.79 Å². The molecule has 0 bridgehead atoms. The number of hydrazone groups is 1. The number of benzene rings is 2. The highest BCUT2D eigenvalue weighted by Crippen LogP contribution is 2.36. The highest BCUT2D eigenvalue weighted by molar-refractivity contribution is 9.10. The Morgan fingerprint density at radius 1 is 1.33 bits per heavy atom. The fourth-order valence-corrected chi connectivity index (χ4v) is 4.70. The first-order valence-corrected chi connectivity index (χ1v) is 11.7. The van der Waals surface area contributed by atoms with E-state index in [4.69, 9.17) is 9.47 Å². The van der Waals surface area contributed by atoms with Gasteiger partial charge in [-0.25, -0.2) is 10.4 Å². The van der Waals surface area contributed by atoms with Gasteiger partial charge < -0.3 is 9.47 Å². The summed E-state index contributed by atoms with van der Waals surface area (Å²) in [6.07, 6.45) is 1.56. The van der Waals surface area contributed by atoms with E-state index in [1.165, 1.54) is 23.1 Å². The normalized spacial score (nSPS) is 10.9. The van der Waals surface area contributed by atoms with Gasteiger partial charge in [-0.15, -0.1) is 11.3 Å². The summed E-state index contributed by atoms with van der Waals surface area (Å²) in [7, 11) is 1.58. The SMILES string of the molecule is CCOc1c(Br)cc(/C=N/NC(=O)CSc2nc(-c3ccccc3)cs2)cc1OC. The lowest BCUT2D eigenvalue weighted by atomic mass is 10.2. The van der Waals surface area contributed by atoms with Gasteiger partial charge in [0.25, 0.3) is 5.91 Å². The molecule has 0 unspecified atom stereocenters. The van der Waals surface area contributed by atoms with Crippen molar-refractivity contribution >= 4 is 51.2 Å². The van der Waals surface area contributed by atoms with E-state index in [1.54, 1.807) is 19.4 Å². The maximum absolute atomic E-state index is 12.1. The first kappa shape index (κ1) is 22.3. The van der Waals surface area contributed by atoms with Gasteiger partial charge >= 0.3 is 0 Å². The van der Waals surface area contributed by atoms with Crippen LogP contribution in [0.1, 0.15) is 12.5 Å². The number of thioether (sulfide) groups is 1. The van der Waals surface area contributed by atoms with Crippen molar-refractivity contribution in [3.8, 4) is 22.8 Å². The Balaban J connectivity index is 1.53. The molecule has 1 N–H and O–H groups in total. The van der Waals surface area contributed by atoms with Gasteiger partial charge in [0.15, 0.2) is 15.8 Å². The quantitative estimate of drug-likeness (QED) is 0.245. The van der Waals surface area contributed by atoms with Gasteiger partial charge in [0.1, 0.15) is 0 Å². The Morgan fingerprint density at radius 2 is 2.13 bits per heavy atom. The van der Waals surface area contributed by atoms with E-state index in [9.17, 15) is 4.79 Å². The molecule has 156 valence electrons. The van der Waals surface area contributed by atoms with E-state index in [-0.39, 0.29) is 11.7 Å². The maximum atomic E-state index is 12.1. The molecule has 30 heavy (non-hydrogen) atoms. The minimum absolute atomic E-state index is 0.204. The molecule has 0 aliphatic carbocycles. The molecule has 6 nitrogen and oxygen atoms in total. The molecule has 3 rings (SSSR count). The second kappa shape index (κ2) is 11.1. The standard InChI is InChI=1S/C21H20BrN3O3S2/c1-3-28-20-16(22)9-14(10-18(20)27-2)11-23-25-19(26)13-30-21-24-17(12-29-21)15-7-5-4-6-8-15/h4-12H,3,13H2,1-2H3,(H,25,26)/b23-11+. The van der Waals surface area contributed by atoms with E-state index in [0.717, 1.165) is 25.6 Å². The topological polar surface area (TPSA) is 72.8 Å². The fraction of sp³-hybridized carbons (Fsp3) is 0.190. The number of carbonyl (C=O) groups is 1. The summed E-state index contributed by atoms with van der Waals surface area (Å²) in [5, 5.41) is 6.02. The number of ether oxygens (including phenoxy) is 2. The lowest BCUT2D eigenvalue weighted by molar-refractivity contribution is -0.118. The lowest BCUT2D eigenvalue weighted by Crippen LogP contribution is -2.19. The van der Waals surface area contributed by atoms with E-state index < -0.39 is 0 Å². The number of methoxy groups -OCH3 is 1. The molecule has 9 heteroatoms. The average molecular weight is 506 g/mol. The number of aromatic nitrogens is 1. The first-order chi connectivity index (χ1) is 14.6. The molecule has 1 amide bonds. The molecule has 0 saturated heterocycles. The van der Waals surface area contributed by atoms with Crippen molar-refractivity contribution in [1.82, 2.24) is 10.4 Å². The first-order valence-electron chi connectivity index (χ1n) is 9.06. The Bertz CT molecular complexity index is 1030. The summed E-state index contributed by atoms with van der Waals surface area (Å²) >= 11 is 6.37. The summed E-state index contributed by atoms with van der Waals surface area (Å²) in [5.74, 6) is 1.25. The third-order valence-electron chi connectivity index (χ3n) is 3.82. The zero-order chi connectivity index (χ0) is 21.3. The molecule has 2 aromatic carbocycles. The fourth-order valence-electron chi connectivity index (χ4n) is 2.50. The third-order valence-corrected chi connectivity index (χ3v) is 6.43. The highest BCUT2D eigenvalue weighted by Gasteiger charge is 2.11. The van der Waals surface area contributed by atoms with Crippen molar-refractivity contribution in [2.75, 3.05) is 19.5 Å². The molecule has 0 radical (unpaired) electrons. The van der Waals surface area contributed by atoms with Crippen LogP contribution in [0.4, 0.5) is 0 Å². The van der Waals surface area contributed by atoms with Crippen molar-refractivity contribution in [2.24, 2.45) is 5.10 Å². The molecule has 0 aliphatic rings. The third kappa shape index (κ3) is 6.07. The van der Waals surface area contributed by atoms with Gasteiger partial charge in [-0.05, 0) is 40.5 Å². The molecular weight excluding hydrogens is 486 g/mol. The minimum Gasteiger partial charge on any atom is -0.493 e. The zero-order valence-electron chi connectivity index (χ0n) is 16.4. The van der Waals surface area contributed by atoms with Gasteiger partial charge in [0.2, 0.25) is 0 Å². The van der Waals surface area contributed by atoms with Crippen molar-refractivity contribution in [3.05, 3.63) is 57.9 Å². The number of hydrogen-bond donors (Lipinski definition) is 1. The molecular formula is C21H20BrN3O3S2. The monoisotopic (exact) mass is 505 g/mol. The number of nitrogens with one attached hydrogen (secondary N) is 1. The smallest absolute Gasteiger partial charge is 0.250 e. The van der Waals surface area contributed by atoms with Gasteiger partial charge in [-0.2, -0.15) is 5.10 Å². The average Bonchev–Trinajstić information content (AvgIpc) is 3.24. The Labute approximate surface area is 191 Å². The predicted octanol–water partition coefficient (Wildman–Crippen LogP) is 5.22. The van der Waals surface area contributed by atoms with Crippen LogP contribution < -0.4 is 14.9 Å². The van der Waals surface area contributed by atoms with E-state index >= 15 is 0 Å².